The Morgan fingerprint density at radius 3 is 2.14 bits per heavy atom. The van der Waals surface area contributed by atoms with Crippen molar-refractivity contribution < 1.29 is 4.79 Å². The number of nitrogens with two attached hydrogens (primary N) is 1. The van der Waals surface area contributed by atoms with E-state index in [1.807, 2.05) is 60.7 Å². The van der Waals surface area contributed by atoms with Crippen LogP contribution in [-0.4, -0.2) is 21.8 Å². The zero-order valence-electron chi connectivity index (χ0n) is 18.8. The topological polar surface area (TPSA) is 107 Å². The summed E-state index contributed by atoms with van der Waals surface area (Å²) in [5, 5.41) is 12.6. The Balaban J connectivity index is 1.30. The molecule has 0 bridgehead atoms. The van der Waals surface area contributed by atoms with Gasteiger partial charge in [0.25, 0.3) is 0 Å². The maximum absolute atomic E-state index is 13.3. The molecule has 5 rings (SSSR count). The van der Waals surface area contributed by atoms with Crippen molar-refractivity contribution in [2.24, 2.45) is 10.7 Å². The van der Waals surface area contributed by atoms with Crippen LogP contribution in [0, 0.1) is 11.5 Å². The lowest BCUT2D eigenvalue weighted by atomic mass is 9.96. The average Bonchev–Trinajstić information content (AvgIpc) is 3.23. The molecular weight excluding hydrogens is 436 g/mol. The third-order valence-electron chi connectivity index (χ3n) is 5.96. The number of anilines is 1. The number of nitriles is 1. The number of carbonyl (C=O) groups is 1. The summed E-state index contributed by atoms with van der Waals surface area (Å²) in [7, 11) is 0. The maximum Gasteiger partial charge on any atom is 0.236 e. The van der Waals surface area contributed by atoms with Crippen LogP contribution in [0.3, 0.4) is 0 Å². The van der Waals surface area contributed by atoms with Crippen LogP contribution in [0.1, 0.15) is 22.6 Å². The fraction of sp³-hybridized carbons (Fsp3) is 0.0714. The highest BCUT2D eigenvalue weighted by Gasteiger charge is 2.33. The van der Waals surface area contributed by atoms with Crippen LogP contribution in [0.25, 0.3) is 11.1 Å². The van der Waals surface area contributed by atoms with Crippen LogP contribution in [0.5, 0.6) is 0 Å². The van der Waals surface area contributed by atoms with Gasteiger partial charge in [-0.15, -0.1) is 0 Å². The number of aliphatic imine (C=N–C) groups is 1. The molecule has 170 valence electrons. The number of rotatable bonds is 5. The van der Waals surface area contributed by atoms with Crippen molar-refractivity contribution in [2.45, 2.75) is 12.5 Å². The summed E-state index contributed by atoms with van der Waals surface area (Å²) in [6.45, 7) is 0.258. The lowest BCUT2D eigenvalue weighted by molar-refractivity contribution is -0.116. The molecule has 1 heterocycles. The Kier molecular flexibility index (Phi) is 5.93. The quantitative estimate of drug-likeness (QED) is 0.194. The van der Waals surface area contributed by atoms with E-state index in [1.54, 1.807) is 24.5 Å². The van der Waals surface area contributed by atoms with Gasteiger partial charge < -0.3 is 11.1 Å². The van der Waals surface area contributed by atoms with E-state index in [2.05, 4.69) is 33.6 Å². The lowest BCUT2D eigenvalue weighted by Gasteiger charge is -2.16. The van der Waals surface area contributed by atoms with Gasteiger partial charge in [0.05, 0.1) is 18.2 Å². The van der Waals surface area contributed by atoms with E-state index in [1.165, 1.54) is 4.90 Å². The van der Waals surface area contributed by atoms with Gasteiger partial charge >= 0.3 is 0 Å². The number of nitrogens with one attached hydrogen (secondary N) is 1. The fourth-order valence-corrected chi connectivity index (χ4v) is 4.31. The zero-order valence-corrected chi connectivity index (χ0v) is 18.8. The van der Waals surface area contributed by atoms with Gasteiger partial charge in [-0.2, -0.15) is 5.26 Å². The SMILES string of the molecule is N#CN(Cc1ccc(NC(=O)C2c3ccccc3-c3ccccc32)cc1)C(N)=Nc1ccncc1. The molecule has 0 unspecified atom stereocenters. The monoisotopic (exact) mass is 458 g/mol. The van der Waals surface area contributed by atoms with Gasteiger partial charge in [0.1, 0.15) is 0 Å². The third-order valence-corrected chi connectivity index (χ3v) is 5.96. The predicted molar refractivity (Wildman–Crippen MR) is 135 cm³/mol. The number of benzene rings is 3. The lowest BCUT2D eigenvalue weighted by Crippen LogP contribution is -2.32. The van der Waals surface area contributed by atoms with Crippen LogP contribution in [0.15, 0.2) is 102 Å². The number of guanidine groups is 1. The molecule has 0 spiro atoms. The highest BCUT2D eigenvalue weighted by molar-refractivity contribution is 6.03. The largest absolute Gasteiger partial charge is 0.369 e. The van der Waals surface area contributed by atoms with Gasteiger partial charge in [-0.3, -0.25) is 9.78 Å². The standard InChI is InChI=1S/C28H22N6O/c29-18-34(28(30)33-21-13-15-31-16-14-21)17-19-9-11-20(12-10-19)32-27(35)26-24-7-3-1-5-22(24)23-6-2-4-8-25(23)26/h1-16,26H,17H2,(H,32,35)(H2,30,31,33). The minimum Gasteiger partial charge on any atom is -0.369 e. The number of hydrogen-bond donors (Lipinski definition) is 2. The first-order valence-electron chi connectivity index (χ1n) is 11.1. The molecule has 4 aromatic rings. The number of carbonyl (C=O) groups excluding carboxylic acids is 1. The number of hydrogen-bond acceptors (Lipinski definition) is 4. The predicted octanol–water partition coefficient (Wildman–Crippen LogP) is 4.76. The molecule has 7 nitrogen and oxygen atoms in total. The Bertz CT molecular complexity index is 1400. The number of fused-ring (bicyclic) bond motifs is 3. The Labute approximate surface area is 203 Å². The average molecular weight is 459 g/mol. The molecule has 0 fully saturated rings. The Morgan fingerprint density at radius 2 is 1.54 bits per heavy atom. The maximum atomic E-state index is 13.3. The van der Waals surface area contributed by atoms with Crippen molar-refractivity contribution in [3.8, 4) is 17.3 Å². The van der Waals surface area contributed by atoms with Gasteiger partial charge in [0.2, 0.25) is 11.9 Å². The Morgan fingerprint density at radius 1 is 0.943 bits per heavy atom. The molecule has 0 radical (unpaired) electrons. The number of amides is 1. The molecule has 1 aliphatic carbocycles. The normalized spacial score (nSPS) is 12.4. The molecular formula is C28H22N6O. The minimum atomic E-state index is -0.361. The fourth-order valence-electron chi connectivity index (χ4n) is 4.31. The number of nitrogens with zero attached hydrogens (tertiary/aromatic N) is 4. The zero-order chi connectivity index (χ0) is 24.2. The molecule has 0 saturated heterocycles. The molecule has 7 heteroatoms. The van der Waals surface area contributed by atoms with Crippen LogP contribution in [0.2, 0.25) is 0 Å². The van der Waals surface area contributed by atoms with E-state index >= 15 is 0 Å². The Hall–Kier alpha value is -4.96. The van der Waals surface area contributed by atoms with Gasteiger partial charge in [0.15, 0.2) is 6.19 Å². The summed E-state index contributed by atoms with van der Waals surface area (Å²) in [5.41, 5.74) is 12.4. The van der Waals surface area contributed by atoms with E-state index in [-0.39, 0.29) is 24.3 Å². The first kappa shape index (κ1) is 21.9. The van der Waals surface area contributed by atoms with Gasteiger partial charge in [-0.25, -0.2) is 9.89 Å². The molecule has 0 saturated carbocycles. The summed E-state index contributed by atoms with van der Waals surface area (Å²) in [5.74, 6) is -0.350. The van der Waals surface area contributed by atoms with Crippen LogP contribution >= 0.6 is 0 Å². The smallest absolute Gasteiger partial charge is 0.236 e. The van der Waals surface area contributed by atoms with Gasteiger partial charge in [0, 0.05) is 18.1 Å². The molecule has 0 atom stereocenters. The summed E-state index contributed by atoms with van der Waals surface area (Å²) in [4.78, 5) is 22.8. The van der Waals surface area contributed by atoms with Gasteiger partial charge in [-0.1, -0.05) is 60.7 Å². The minimum absolute atomic E-state index is 0.0810. The van der Waals surface area contributed by atoms with Crippen molar-refractivity contribution in [2.75, 3.05) is 5.32 Å². The van der Waals surface area contributed by atoms with Crippen LogP contribution < -0.4 is 11.1 Å². The van der Waals surface area contributed by atoms with Crippen LogP contribution in [0.4, 0.5) is 11.4 Å². The van der Waals surface area contributed by atoms with Crippen LogP contribution in [-0.2, 0) is 11.3 Å². The molecule has 3 aromatic carbocycles. The first-order chi connectivity index (χ1) is 17.1. The van der Waals surface area contributed by atoms with E-state index in [0.717, 1.165) is 27.8 Å². The second kappa shape index (κ2) is 9.49. The molecule has 1 aliphatic rings. The highest BCUT2D eigenvalue weighted by Crippen LogP contribution is 2.44. The van der Waals surface area contributed by atoms with E-state index in [0.29, 0.717) is 11.4 Å². The first-order valence-corrected chi connectivity index (χ1v) is 11.1. The summed E-state index contributed by atoms with van der Waals surface area (Å²) < 4.78 is 0. The van der Waals surface area contributed by atoms with Crippen molar-refractivity contribution >= 4 is 23.2 Å². The second-order valence-corrected chi connectivity index (χ2v) is 8.16. The van der Waals surface area contributed by atoms with E-state index < -0.39 is 0 Å². The third kappa shape index (κ3) is 4.45. The number of aromatic nitrogens is 1. The van der Waals surface area contributed by atoms with Crippen molar-refractivity contribution in [3.63, 3.8) is 0 Å². The molecule has 35 heavy (non-hydrogen) atoms. The highest BCUT2D eigenvalue weighted by atomic mass is 16.1. The number of pyridine rings is 1. The summed E-state index contributed by atoms with van der Waals surface area (Å²) in [6.07, 6.45) is 5.28. The van der Waals surface area contributed by atoms with Gasteiger partial charge in [-0.05, 0) is 52.1 Å². The molecule has 1 amide bonds. The molecule has 1 aromatic heterocycles. The van der Waals surface area contributed by atoms with Crippen molar-refractivity contribution in [3.05, 3.63) is 114 Å². The van der Waals surface area contributed by atoms with E-state index in [9.17, 15) is 10.1 Å². The van der Waals surface area contributed by atoms with E-state index in [4.69, 9.17) is 5.73 Å². The summed E-state index contributed by atoms with van der Waals surface area (Å²) >= 11 is 0. The van der Waals surface area contributed by atoms with Crippen molar-refractivity contribution in [1.29, 1.82) is 5.26 Å². The second-order valence-electron chi connectivity index (χ2n) is 8.16. The molecule has 3 N–H and O–H groups in total. The van der Waals surface area contributed by atoms with Crippen molar-refractivity contribution in [1.82, 2.24) is 9.88 Å². The summed E-state index contributed by atoms with van der Waals surface area (Å²) in [6, 6.07) is 26.8. The molecule has 0 aliphatic heterocycles.